The van der Waals surface area contributed by atoms with Gasteiger partial charge in [0.2, 0.25) is 17.2 Å². The lowest BCUT2D eigenvalue weighted by Crippen LogP contribution is -2.63. The summed E-state index contributed by atoms with van der Waals surface area (Å²) in [6.07, 6.45) is 21.5. The quantitative estimate of drug-likeness (QED) is 0.194. The molecule has 2 aliphatic carbocycles. The number of piperidine rings is 2. The summed E-state index contributed by atoms with van der Waals surface area (Å²) in [7, 11) is 0. The highest BCUT2D eigenvalue weighted by molar-refractivity contribution is 6.28. The van der Waals surface area contributed by atoms with Gasteiger partial charge < -0.3 is 10.6 Å². The average Bonchev–Trinajstić information content (AvgIpc) is 3.04. The van der Waals surface area contributed by atoms with E-state index < -0.39 is 0 Å². The van der Waals surface area contributed by atoms with Crippen molar-refractivity contribution in [2.45, 2.75) is 231 Å². The first kappa shape index (κ1) is 40.9. The van der Waals surface area contributed by atoms with E-state index in [4.69, 9.17) is 26.3 Å². The van der Waals surface area contributed by atoms with Crippen LogP contribution < -0.4 is 10.6 Å². The number of hydrogen-bond acceptors (Lipinski definition) is 9. The Morgan fingerprint density at radius 3 is 1.24 bits per heavy atom. The maximum Gasteiger partial charge on any atom is 0.229 e. The van der Waals surface area contributed by atoms with Crippen LogP contribution in [-0.4, -0.2) is 71.5 Å². The van der Waals surface area contributed by atoms with Crippen LogP contribution in [0.25, 0.3) is 0 Å². The number of hydroxylamine groups is 4. The van der Waals surface area contributed by atoms with Crippen molar-refractivity contribution in [3.63, 3.8) is 0 Å². The van der Waals surface area contributed by atoms with E-state index in [2.05, 4.69) is 100.0 Å². The maximum atomic E-state index is 6.82. The number of rotatable bonds is 14. The van der Waals surface area contributed by atoms with Crippen LogP contribution in [0, 0.1) is 11.8 Å². The van der Waals surface area contributed by atoms with Gasteiger partial charge >= 0.3 is 0 Å². The number of aromatic nitrogens is 3. The van der Waals surface area contributed by atoms with Crippen LogP contribution in [0.1, 0.15) is 185 Å². The summed E-state index contributed by atoms with van der Waals surface area (Å²) < 4.78 is 0. The van der Waals surface area contributed by atoms with Crippen LogP contribution in [0.5, 0.6) is 0 Å². The maximum absolute atomic E-state index is 6.82. The summed E-state index contributed by atoms with van der Waals surface area (Å²) in [4.78, 5) is 27.9. The van der Waals surface area contributed by atoms with Crippen LogP contribution in [-0.2, 0) is 9.68 Å². The normalized spacial score (nSPS) is 26.5. The zero-order chi connectivity index (χ0) is 37.0. The van der Waals surface area contributed by atoms with Gasteiger partial charge in [-0.2, -0.15) is 25.1 Å². The van der Waals surface area contributed by atoms with Gasteiger partial charge in [0.1, 0.15) is 0 Å². The highest BCUT2D eigenvalue weighted by atomic mass is 35.5. The Kier molecular flexibility index (Phi) is 13.7. The van der Waals surface area contributed by atoms with E-state index >= 15 is 0 Å². The van der Waals surface area contributed by atoms with Crippen LogP contribution in [0.3, 0.4) is 0 Å². The molecule has 0 radical (unpaired) electrons. The molecule has 51 heavy (non-hydrogen) atoms. The monoisotopic (exact) mass is 732 g/mol. The van der Waals surface area contributed by atoms with E-state index in [1.54, 1.807) is 0 Å². The zero-order valence-corrected chi connectivity index (χ0v) is 34.9. The van der Waals surface area contributed by atoms with Crippen LogP contribution >= 0.6 is 11.6 Å². The molecule has 0 aromatic carbocycles. The highest BCUT2D eigenvalue weighted by Gasteiger charge is 2.50. The molecule has 4 aliphatic rings. The van der Waals surface area contributed by atoms with E-state index in [-0.39, 0.29) is 39.5 Å². The molecular weight excluding hydrogens is 658 g/mol. The van der Waals surface area contributed by atoms with Crippen LogP contribution in [0.2, 0.25) is 5.28 Å². The topological polar surface area (TPSA) is 87.7 Å². The Morgan fingerprint density at radius 1 is 0.588 bits per heavy atom. The van der Waals surface area contributed by atoms with Crippen molar-refractivity contribution in [2.24, 2.45) is 11.8 Å². The Hall–Kier alpha value is -1.26. The van der Waals surface area contributed by atoms with Crippen molar-refractivity contribution >= 4 is 23.5 Å². The summed E-state index contributed by atoms with van der Waals surface area (Å²) in [6, 6.07) is 0.441. The molecule has 292 valence electrons. The number of hydrogen-bond donors (Lipinski definition) is 2. The van der Waals surface area contributed by atoms with Gasteiger partial charge in [0.15, 0.2) is 0 Å². The molecule has 1 aromatic heterocycles. The second-order valence-corrected chi connectivity index (χ2v) is 19.6. The third-order valence-electron chi connectivity index (χ3n) is 12.4. The third kappa shape index (κ3) is 10.5. The van der Waals surface area contributed by atoms with Crippen molar-refractivity contribution in [2.75, 3.05) is 10.6 Å². The first-order valence-corrected chi connectivity index (χ1v) is 21.3. The second-order valence-electron chi connectivity index (χ2n) is 19.2. The van der Waals surface area contributed by atoms with Crippen LogP contribution in [0.15, 0.2) is 0 Å². The smallest absolute Gasteiger partial charge is 0.229 e. The van der Waals surface area contributed by atoms with E-state index in [1.165, 1.54) is 64.2 Å². The molecule has 0 amide bonds. The molecule has 2 atom stereocenters. The molecule has 2 saturated heterocycles. The number of nitrogens with one attached hydrogen (secondary N) is 2. The summed E-state index contributed by atoms with van der Waals surface area (Å²) in [6.45, 7) is 23.4. The van der Waals surface area contributed by atoms with Gasteiger partial charge in [0.25, 0.3) is 0 Å². The Bertz CT molecular complexity index is 1120. The molecule has 9 nitrogen and oxygen atoms in total. The fourth-order valence-corrected chi connectivity index (χ4v) is 10.9. The molecule has 2 N–H and O–H groups in total. The molecule has 1 aromatic rings. The van der Waals surface area contributed by atoms with Gasteiger partial charge in [-0.05, 0) is 143 Å². The van der Waals surface area contributed by atoms with Crippen molar-refractivity contribution < 1.29 is 9.68 Å². The SMILES string of the molecule is CCCC(Nc1nc(Cl)nc(NC(CCC)C2CC(C)(C)N(OC3CCCCC3)C(C)(C)C2)n1)C1CC(C)(C)N(OC2CCCCC2)C(C)(C)C1. The van der Waals surface area contributed by atoms with E-state index in [0.29, 0.717) is 35.9 Å². The minimum absolute atomic E-state index is 0.0903. The second kappa shape index (κ2) is 17.0. The van der Waals surface area contributed by atoms with Crippen molar-refractivity contribution in [1.82, 2.24) is 25.1 Å². The fourth-order valence-electron chi connectivity index (χ4n) is 10.7. The van der Waals surface area contributed by atoms with Crippen molar-refractivity contribution in [3.8, 4) is 0 Å². The minimum Gasteiger partial charge on any atom is -0.351 e. The van der Waals surface area contributed by atoms with Crippen molar-refractivity contribution in [1.29, 1.82) is 0 Å². The number of nitrogens with zero attached hydrogens (tertiary/aromatic N) is 5. The third-order valence-corrected chi connectivity index (χ3v) is 12.6. The summed E-state index contributed by atoms with van der Waals surface area (Å²) in [5.41, 5.74) is -0.361. The Balaban J connectivity index is 1.29. The molecule has 10 heteroatoms. The highest BCUT2D eigenvalue weighted by Crippen LogP contribution is 2.46. The standard InChI is InChI=1S/C41H74ClN7O2/c1-11-19-33(29-25-38(3,4)48(39(5,6)26-29)50-31-21-15-13-16-22-31)43-36-45-35(42)46-37(47-36)44-34(20-12-2)30-27-40(7,8)49(41(9,10)28-30)51-32-23-17-14-18-24-32/h29-34H,11-28H2,1-10H3,(H2,43,44,45,46,47). The van der Waals surface area contributed by atoms with E-state index in [1.807, 2.05) is 0 Å². The first-order valence-electron chi connectivity index (χ1n) is 20.9. The Morgan fingerprint density at radius 2 is 0.922 bits per heavy atom. The molecule has 4 fully saturated rings. The predicted octanol–water partition coefficient (Wildman–Crippen LogP) is 10.8. The molecule has 0 spiro atoms. The lowest BCUT2D eigenvalue weighted by atomic mass is 9.71. The molecular formula is C41H74ClN7O2. The average molecular weight is 733 g/mol. The summed E-state index contributed by atoms with van der Waals surface area (Å²) in [5.74, 6) is 2.01. The lowest BCUT2D eigenvalue weighted by Gasteiger charge is -2.56. The molecule has 3 heterocycles. The molecule has 2 aliphatic heterocycles. The summed E-state index contributed by atoms with van der Waals surface area (Å²) in [5, 5.41) is 12.5. The molecule has 5 rings (SSSR count). The molecule has 0 bridgehead atoms. The summed E-state index contributed by atoms with van der Waals surface area (Å²) >= 11 is 6.66. The van der Waals surface area contributed by atoms with Gasteiger partial charge in [0, 0.05) is 34.2 Å². The van der Waals surface area contributed by atoms with Gasteiger partial charge in [-0.25, -0.2) is 0 Å². The minimum atomic E-state index is -0.0903. The van der Waals surface area contributed by atoms with Crippen molar-refractivity contribution in [3.05, 3.63) is 5.28 Å². The van der Waals surface area contributed by atoms with Gasteiger partial charge in [0.05, 0.1) is 12.2 Å². The number of anilines is 2. The predicted molar refractivity (Wildman–Crippen MR) is 211 cm³/mol. The van der Waals surface area contributed by atoms with E-state index in [0.717, 1.165) is 51.4 Å². The Labute approximate surface area is 316 Å². The largest absolute Gasteiger partial charge is 0.351 e. The first-order chi connectivity index (χ1) is 24.0. The number of halogens is 1. The van der Waals surface area contributed by atoms with Gasteiger partial charge in [-0.1, -0.05) is 65.2 Å². The van der Waals surface area contributed by atoms with E-state index in [9.17, 15) is 0 Å². The van der Waals surface area contributed by atoms with Gasteiger partial charge in [-0.15, -0.1) is 0 Å². The van der Waals surface area contributed by atoms with Crippen LogP contribution in [0.4, 0.5) is 11.9 Å². The zero-order valence-electron chi connectivity index (χ0n) is 34.1. The van der Waals surface area contributed by atoms with Gasteiger partial charge in [-0.3, -0.25) is 9.68 Å². The molecule has 2 unspecified atom stereocenters. The molecule has 2 saturated carbocycles. The lowest BCUT2D eigenvalue weighted by molar-refractivity contribution is -0.314. The fraction of sp³-hybridized carbons (Fsp3) is 0.927.